The van der Waals surface area contributed by atoms with Gasteiger partial charge < -0.3 is 10.8 Å². The lowest BCUT2D eigenvalue weighted by Gasteiger charge is -2.23. The zero-order valence-electron chi connectivity index (χ0n) is 10.6. The van der Waals surface area contributed by atoms with Crippen molar-refractivity contribution in [2.24, 2.45) is 5.73 Å². The fraction of sp³-hybridized carbons (Fsp3) is 0.200. The molecule has 0 amide bonds. The summed E-state index contributed by atoms with van der Waals surface area (Å²) in [5, 5.41) is 10.5. The Morgan fingerprint density at radius 2 is 1.80 bits per heavy atom. The summed E-state index contributed by atoms with van der Waals surface area (Å²) in [5.74, 6) is -0.801. The van der Waals surface area contributed by atoms with Gasteiger partial charge >= 0.3 is 0 Å². The quantitative estimate of drug-likeness (QED) is 0.807. The minimum absolute atomic E-state index is 0.226. The molecule has 5 heteroatoms. The molecule has 2 atom stereocenters. The van der Waals surface area contributed by atoms with Crippen molar-refractivity contribution in [3.8, 4) is 0 Å². The van der Waals surface area contributed by atoms with Gasteiger partial charge in [-0.25, -0.2) is 4.39 Å². The Morgan fingerprint density at radius 3 is 2.45 bits per heavy atom. The molecule has 2 rings (SSSR count). The van der Waals surface area contributed by atoms with E-state index in [0.29, 0.717) is 0 Å². The number of aliphatic hydroxyl groups is 1. The van der Waals surface area contributed by atoms with Crippen molar-refractivity contribution < 1.29 is 9.50 Å². The minimum Gasteiger partial charge on any atom is -0.388 e. The Hall–Kier alpha value is -0.750. The molecule has 0 spiro atoms. The molecule has 0 aliphatic carbocycles. The van der Waals surface area contributed by atoms with Gasteiger partial charge in [0.15, 0.2) is 0 Å². The SMILES string of the molecule is NCC(c1cccc(Br)c1)C(O)c1cc(Br)ccc1F. The second-order valence-corrected chi connectivity index (χ2v) is 6.34. The fourth-order valence-electron chi connectivity index (χ4n) is 2.14. The molecule has 20 heavy (non-hydrogen) atoms. The van der Waals surface area contributed by atoms with Crippen molar-refractivity contribution in [1.82, 2.24) is 0 Å². The Kier molecular flexibility index (Phi) is 5.32. The Balaban J connectivity index is 2.38. The van der Waals surface area contributed by atoms with Gasteiger partial charge in [-0.05, 0) is 35.9 Å². The highest BCUT2D eigenvalue weighted by Crippen LogP contribution is 2.33. The minimum atomic E-state index is -0.994. The molecule has 0 radical (unpaired) electrons. The summed E-state index contributed by atoms with van der Waals surface area (Å²) in [5.41, 5.74) is 6.89. The van der Waals surface area contributed by atoms with Crippen LogP contribution in [0.2, 0.25) is 0 Å². The van der Waals surface area contributed by atoms with Gasteiger partial charge in [0.05, 0.1) is 6.10 Å². The van der Waals surface area contributed by atoms with Crippen LogP contribution in [0.4, 0.5) is 4.39 Å². The topological polar surface area (TPSA) is 46.2 Å². The van der Waals surface area contributed by atoms with E-state index in [0.717, 1.165) is 14.5 Å². The third kappa shape index (κ3) is 3.47. The van der Waals surface area contributed by atoms with Crippen molar-refractivity contribution in [3.63, 3.8) is 0 Å². The van der Waals surface area contributed by atoms with E-state index >= 15 is 0 Å². The van der Waals surface area contributed by atoms with Gasteiger partial charge in [0.1, 0.15) is 5.82 Å². The van der Waals surface area contributed by atoms with Gasteiger partial charge in [0.25, 0.3) is 0 Å². The standard InChI is InChI=1S/C15H14Br2FNO/c16-10-3-1-2-9(6-10)13(8-19)15(20)12-7-11(17)4-5-14(12)18/h1-7,13,15,20H,8,19H2. The van der Waals surface area contributed by atoms with Crippen LogP contribution in [0.25, 0.3) is 0 Å². The third-order valence-electron chi connectivity index (χ3n) is 3.19. The molecule has 2 aromatic carbocycles. The number of nitrogens with two attached hydrogens (primary N) is 1. The Morgan fingerprint density at radius 1 is 1.10 bits per heavy atom. The summed E-state index contributed by atoms with van der Waals surface area (Å²) in [6.45, 7) is 0.226. The lowest BCUT2D eigenvalue weighted by molar-refractivity contribution is 0.143. The van der Waals surface area contributed by atoms with Crippen molar-refractivity contribution >= 4 is 31.9 Å². The number of hydrogen-bond acceptors (Lipinski definition) is 2. The first-order chi connectivity index (χ1) is 9.52. The van der Waals surface area contributed by atoms with Gasteiger partial charge in [-0.1, -0.05) is 44.0 Å². The van der Waals surface area contributed by atoms with Crippen LogP contribution in [-0.2, 0) is 0 Å². The van der Waals surface area contributed by atoms with Gasteiger partial charge in [0, 0.05) is 27.0 Å². The highest BCUT2D eigenvalue weighted by molar-refractivity contribution is 9.10. The second-order valence-electron chi connectivity index (χ2n) is 4.51. The van der Waals surface area contributed by atoms with Crippen LogP contribution in [-0.4, -0.2) is 11.7 Å². The molecule has 0 aliphatic rings. The maximum atomic E-state index is 13.9. The van der Waals surface area contributed by atoms with Gasteiger partial charge in [-0.3, -0.25) is 0 Å². The van der Waals surface area contributed by atoms with Crippen molar-refractivity contribution in [3.05, 3.63) is 68.4 Å². The fourth-order valence-corrected chi connectivity index (χ4v) is 2.94. The highest BCUT2D eigenvalue weighted by atomic mass is 79.9. The van der Waals surface area contributed by atoms with Gasteiger partial charge in [0.2, 0.25) is 0 Å². The zero-order chi connectivity index (χ0) is 14.7. The molecular formula is C15H14Br2FNO. The number of halogens is 3. The van der Waals surface area contributed by atoms with Gasteiger partial charge in [-0.15, -0.1) is 0 Å². The van der Waals surface area contributed by atoms with E-state index in [-0.39, 0.29) is 18.0 Å². The monoisotopic (exact) mass is 401 g/mol. The van der Waals surface area contributed by atoms with E-state index in [1.807, 2.05) is 24.3 Å². The first-order valence-corrected chi connectivity index (χ1v) is 7.70. The molecular weight excluding hydrogens is 389 g/mol. The van der Waals surface area contributed by atoms with Crippen LogP contribution in [0.15, 0.2) is 51.4 Å². The summed E-state index contributed by atoms with van der Waals surface area (Å²) >= 11 is 6.67. The molecule has 3 N–H and O–H groups in total. The molecule has 2 aromatic rings. The predicted octanol–water partition coefficient (Wildman–Crippen LogP) is 4.13. The number of rotatable bonds is 4. The molecule has 0 saturated carbocycles. The summed E-state index contributed by atoms with van der Waals surface area (Å²) in [6.07, 6.45) is -0.994. The Bertz CT molecular complexity index is 606. The van der Waals surface area contributed by atoms with E-state index in [1.54, 1.807) is 12.1 Å². The van der Waals surface area contributed by atoms with Crippen LogP contribution in [0.5, 0.6) is 0 Å². The lowest BCUT2D eigenvalue weighted by atomic mass is 9.89. The third-order valence-corrected chi connectivity index (χ3v) is 4.18. The zero-order valence-corrected chi connectivity index (χ0v) is 13.7. The van der Waals surface area contributed by atoms with E-state index < -0.39 is 11.9 Å². The number of aliphatic hydroxyl groups excluding tert-OH is 1. The van der Waals surface area contributed by atoms with Crippen LogP contribution in [0, 0.1) is 5.82 Å². The second kappa shape index (κ2) is 6.80. The van der Waals surface area contributed by atoms with E-state index in [2.05, 4.69) is 31.9 Å². The molecule has 0 saturated heterocycles. The summed E-state index contributed by atoms with van der Waals surface area (Å²) in [7, 11) is 0. The number of benzene rings is 2. The lowest BCUT2D eigenvalue weighted by Crippen LogP contribution is -2.21. The average molecular weight is 403 g/mol. The molecule has 0 fully saturated rings. The smallest absolute Gasteiger partial charge is 0.129 e. The van der Waals surface area contributed by atoms with Crippen LogP contribution in [0.3, 0.4) is 0 Å². The maximum Gasteiger partial charge on any atom is 0.129 e. The highest BCUT2D eigenvalue weighted by Gasteiger charge is 2.24. The van der Waals surface area contributed by atoms with Gasteiger partial charge in [-0.2, -0.15) is 0 Å². The molecule has 0 aliphatic heterocycles. The van der Waals surface area contributed by atoms with E-state index in [9.17, 15) is 9.50 Å². The summed E-state index contributed by atoms with van der Waals surface area (Å²) in [4.78, 5) is 0. The van der Waals surface area contributed by atoms with E-state index in [1.165, 1.54) is 6.07 Å². The largest absolute Gasteiger partial charge is 0.388 e. The average Bonchev–Trinajstić information content (AvgIpc) is 2.42. The van der Waals surface area contributed by atoms with Crippen molar-refractivity contribution in [1.29, 1.82) is 0 Å². The normalized spacial score (nSPS) is 14.1. The predicted molar refractivity (Wildman–Crippen MR) is 85.0 cm³/mol. The van der Waals surface area contributed by atoms with Crippen LogP contribution in [0.1, 0.15) is 23.1 Å². The van der Waals surface area contributed by atoms with E-state index in [4.69, 9.17) is 5.73 Å². The molecule has 106 valence electrons. The molecule has 2 nitrogen and oxygen atoms in total. The Labute approximate surface area is 134 Å². The summed E-state index contributed by atoms with van der Waals surface area (Å²) < 4.78 is 15.5. The first kappa shape index (κ1) is 15.6. The van der Waals surface area contributed by atoms with Crippen LogP contribution >= 0.6 is 31.9 Å². The molecule has 0 heterocycles. The van der Waals surface area contributed by atoms with Crippen molar-refractivity contribution in [2.75, 3.05) is 6.54 Å². The molecule has 0 bridgehead atoms. The molecule has 0 aromatic heterocycles. The summed E-state index contributed by atoms with van der Waals surface area (Å²) in [6, 6.07) is 12.0. The van der Waals surface area contributed by atoms with Crippen LogP contribution < -0.4 is 5.73 Å². The van der Waals surface area contributed by atoms with Crippen molar-refractivity contribution in [2.45, 2.75) is 12.0 Å². The first-order valence-electron chi connectivity index (χ1n) is 6.11. The number of hydrogen-bond donors (Lipinski definition) is 2. The molecule has 2 unspecified atom stereocenters. The maximum absolute atomic E-state index is 13.9.